The maximum absolute atomic E-state index is 13.1. The van der Waals surface area contributed by atoms with Gasteiger partial charge in [0.2, 0.25) is 10.0 Å². The Balaban J connectivity index is 1.79. The molecule has 1 aliphatic heterocycles. The summed E-state index contributed by atoms with van der Waals surface area (Å²) in [6.07, 6.45) is -0.555. The first-order valence-electron chi connectivity index (χ1n) is 9.43. The second-order valence-electron chi connectivity index (χ2n) is 7.23. The Labute approximate surface area is 184 Å². The van der Waals surface area contributed by atoms with E-state index in [1.807, 2.05) is 0 Å². The molecule has 0 unspecified atom stereocenters. The van der Waals surface area contributed by atoms with Crippen LogP contribution < -0.4 is 0 Å². The molecule has 2 aromatic rings. The third-order valence-electron chi connectivity index (χ3n) is 4.66. The summed E-state index contributed by atoms with van der Waals surface area (Å²) in [7, 11) is -3.96. The van der Waals surface area contributed by atoms with Crippen LogP contribution >= 0.6 is 11.6 Å². The first-order valence-corrected chi connectivity index (χ1v) is 11.3. The summed E-state index contributed by atoms with van der Waals surface area (Å²) >= 11 is 6.14. The van der Waals surface area contributed by atoms with E-state index in [0.717, 1.165) is 0 Å². The lowest BCUT2D eigenvalue weighted by atomic mass is 10.2. The van der Waals surface area contributed by atoms with E-state index in [2.05, 4.69) is 0 Å². The smallest absolute Gasteiger partial charge is 0.338 e. The predicted octanol–water partition coefficient (Wildman–Crippen LogP) is 3.40. The van der Waals surface area contributed by atoms with Crippen LogP contribution in [0.3, 0.4) is 0 Å². The minimum atomic E-state index is -3.96. The Bertz CT molecular complexity index is 1100. The zero-order chi connectivity index (χ0) is 22.8. The number of halogens is 1. The fourth-order valence-corrected chi connectivity index (χ4v) is 5.38. The molecule has 31 heavy (non-hydrogen) atoms. The van der Waals surface area contributed by atoms with E-state index in [4.69, 9.17) is 21.1 Å². The van der Waals surface area contributed by atoms with Gasteiger partial charge in [0.1, 0.15) is 11.5 Å². The molecule has 11 heteroatoms. The second kappa shape index (κ2) is 9.31. The zero-order valence-electron chi connectivity index (χ0n) is 16.9. The van der Waals surface area contributed by atoms with Crippen LogP contribution in [0.2, 0.25) is 5.02 Å². The van der Waals surface area contributed by atoms with E-state index >= 15 is 0 Å². The van der Waals surface area contributed by atoms with Crippen LogP contribution in [0.25, 0.3) is 0 Å². The molecule has 2 atom stereocenters. The molecular formula is C20H21ClN2O7S. The van der Waals surface area contributed by atoms with Crippen molar-refractivity contribution < 1.29 is 27.6 Å². The summed E-state index contributed by atoms with van der Waals surface area (Å²) in [5.41, 5.74) is 0.311. The van der Waals surface area contributed by atoms with Crippen molar-refractivity contribution in [3.63, 3.8) is 0 Å². The Morgan fingerprint density at radius 1 is 1.23 bits per heavy atom. The third kappa shape index (κ3) is 5.40. The van der Waals surface area contributed by atoms with Gasteiger partial charge < -0.3 is 9.47 Å². The minimum Gasteiger partial charge on any atom is -0.457 e. The van der Waals surface area contributed by atoms with E-state index in [-0.39, 0.29) is 53.1 Å². The second-order valence-corrected chi connectivity index (χ2v) is 9.54. The molecule has 0 saturated carbocycles. The van der Waals surface area contributed by atoms with Crippen molar-refractivity contribution in [2.24, 2.45) is 0 Å². The molecule has 1 fully saturated rings. The SMILES string of the molecule is C[C@H]1CN(S(=O)(=O)c2cc(C(=O)OCc3cccc([N+](=O)[O-])c3)ccc2Cl)C[C@H](C)O1. The van der Waals surface area contributed by atoms with Crippen LogP contribution in [-0.2, 0) is 26.1 Å². The molecule has 1 aliphatic rings. The number of carbonyl (C=O) groups is 1. The summed E-state index contributed by atoms with van der Waals surface area (Å²) in [4.78, 5) is 22.6. The van der Waals surface area contributed by atoms with Gasteiger partial charge in [0, 0.05) is 25.2 Å². The summed E-state index contributed by atoms with van der Waals surface area (Å²) in [6.45, 7) is 3.70. The number of esters is 1. The predicted molar refractivity (Wildman–Crippen MR) is 112 cm³/mol. The average Bonchev–Trinajstić information content (AvgIpc) is 2.71. The number of sulfonamides is 1. The van der Waals surface area contributed by atoms with Gasteiger partial charge in [-0.2, -0.15) is 4.31 Å². The number of hydrogen-bond donors (Lipinski definition) is 0. The zero-order valence-corrected chi connectivity index (χ0v) is 18.4. The monoisotopic (exact) mass is 468 g/mol. The summed E-state index contributed by atoms with van der Waals surface area (Å²) in [5, 5.41) is 10.9. The van der Waals surface area contributed by atoms with Crippen LogP contribution in [0.1, 0.15) is 29.8 Å². The van der Waals surface area contributed by atoms with Gasteiger partial charge in [-0.05, 0) is 37.6 Å². The molecule has 0 aromatic heterocycles. The molecule has 0 radical (unpaired) electrons. The fourth-order valence-electron chi connectivity index (χ4n) is 3.29. The molecule has 1 saturated heterocycles. The van der Waals surface area contributed by atoms with Crippen LogP contribution in [0.5, 0.6) is 0 Å². The number of morpholine rings is 1. The van der Waals surface area contributed by atoms with Gasteiger partial charge >= 0.3 is 5.97 Å². The number of nitro groups is 1. The summed E-state index contributed by atoms with van der Waals surface area (Å²) < 4.78 is 38.3. The average molecular weight is 469 g/mol. The molecular weight excluding hydrogens is 448 g/mol. The minimum absolute atomic E-state index is 0.00256. The first-order chi connectivity index (χ1) is 14.6. The van der Waals surface area contributed by atoms with Crippen molar-refractivity contribution >= 4 is 33.3 Å². The maximum atomic E-state index is 13.1. The molecule has 3 rings (SSSR count). The largest absolute Gasteiger partial charge is 0.457 e. The lowest BCUT2D eigenvalue weighted by Crippen LogP contribution is -2.48. The fraction of sp³-hybridized carbons (Fsp3) is 0.350. The van der Waals surface area contributed by atoms with Gasteiger partial charge in [0.15, 0.2) is 0 Å². The molecule has 0 amide bonds. The highest BCUT2D eigenvalue weighted by atomic mass is 35.5. The van der Waals surface area contributed by atoms with Crippen molar-refractivity contribution in [3.05, 3.63) is 68.7 Å². The Kier molecular flexibility index (Phi) is 6.95. The van der Waals surface area contributed by atoms with E-state index in [0.29, 0.717) is 5.56 Å². The van der Waals surface area contributed by atoms with E-state index in [1.54, 1.807) is 19.9 Å². The van der Waals surface area contributed by atoms with Crippen molar-refractivity contribution in [2.45, 2.75) is 37.6 Å². The van der Waals surface area contributed by atoms with E-state index in [9.17, 15) is 23.3 Å². The normalized spacial score (nSPS) is 19.7. The molecule has 0 aliphatic carbocycles. The van der Waals surface area contributed by atoms with Gasteiger partial charge in [-0.25, -0.2) is 13.2 Å². The molecule has 0 spiro atoms. The van der Waals surface area contributed by atoms with Crippen molar-refractivity contribution in [1.82, 2.24) is 4.31 Å². The van der Waals surface area contributed by atoms with Crippen LogP contribution in [0.15, 0.2) is 47.4 Å². The van der Waals surface area contributed by atoms with Crippen molar-refractivity contribution in [3.8, 4) is 0 Å². The molecule has 166 valence electrons. The third-order valence-corrected chi connectivity index (χ3v) is 6.98. The lowest BCUT2D eigenvalue weighted by molar-refractivity contribution is -0.384. The van der Waals surface area contributed by atoms with Gasteiger partial charge in [-0.1, -0.05) is 23.7 Å². The quantitative estimate of drug-likeness (QED) is 0.362. The Morgan fingerprint density at radius 2 is 1.90 bits per heavy atom. The molecule has 1 heterocycles. The van der Waals surface area contributed by atoms with Crippen molar-refractivity contribution in [2.75, 3.05) is 13.1 Å². The topological polar surface area (TPSA) is 116 Å². The number of nitrogens with zero attached hydrogens (tertiary/aromatic N) is 2. The molecule has 9 nitrogen and oxygen atoms in total. The van der Waals surface area contributed by atoms with Gasteiger partial charge in [0.25, 0.3) is 5.69 Å². The standard InChI is InChI=1S/C20H21ClN2O7S/c1-13-10-22(11-14(2)30-13)31(27,28)19-9-16(6-7-18(19)21)20(24)29-12-15-4-3-5-17(8-15)23(25)26/h3-9,13-14H,10-12H2,1-2H3/t13-,14-/m0/s1. The number of rotatable bonds is 6. The first kappa shape index (κ1) is 23.1. The number of nitro benzene ring substituents is 1. The van der Waals surface area contributed by atoms with E-state index in [1.165, 1.54) is 40.7 Å². The summed E-state index contributed by atoms with van der Waals surface area (Å²) in [6, 6.07) is 9.56. The van der Waals surface area contributed by atoms with Crippen molar-refractivity contribution in [1.29, 1.82) is 0 Å². The number of carbonyl (C=O) groups excluding carboxylic acids is 1. The molecule has 0 N–H and O–H groups in total. The maximum Gasteiger partial charge on any atom is 0.338 e. The lowest BCUT2D eigenvalue weighted by Gasteiger charge is -2.34. The highest BCUT2D eigenvalue weighted by Crippen LogP contribution is 2.28. The number of non-ortho nitro benzene ring substituents is 1. The molecule has 0 bridgehead atoms. The van der Waals surface area contributed by atoms with Crippen LogP contribution in [-0.4, -0.2) is 48.9 Å². The van der Waals surface area contributed by atoms with Crippen LogP contribution in [0, 0.1) is 10.1 Å². The number of benzene rings is 2. The van der Waals surface area contributed by atoms with Gasteiger partial charge in [0.05, 0.1) is 27.7 Å². The van der Waals surface area contributed by atoms with Gasteiger partial charge in [-0.15, -0.1) is 0 Å². The van der Waals surface area contributed by atoms with E-state index < -0.39 is 20.9 Å². The van der Waals surface area contributed by atoms with Gasteiger partial charge in [-0.3, -0.25) is 10.1 Å². The Morgan fingerprint density at radius 3 is 2.55 bits per heavy atom. The Hall–Kier alpha value is -2.53. The highest BCUT2D eigenvalue weighted by Gasteiger charge is 2.34. The highest BCUT2D eigenvalue weighted by molar-refractivity contribution is 7.89. The summed E-state index contributed by atoms with van der Waals surface area (Å²) in [5.74, 6) is -0.775. The number of hydrogen-bond acceptors (Lipinski definition) is 7. The molecule has 2 aromatic carbocycles. The number of ether oxygens (including phenoxy) is 2. The van der Waals surface area contributed by atoms with Crippen LogP contribution in [0.4, 0.5) is 5.69 Å².